The second-order valence-corrected chi connectivity index (χ2v) is 6.23. The number of carbonyl (C=O) groups excluding carboxylic acids is 1. The molecule has 1 aromatic rings. The van der Waals surface area contributed by atoms with Crippen molar-refractivity contribution in [2.24, 2.45) is 0 Å². The van der Waals surface area contributed by atoms with Crippen molar-refractivity contribution in [1.82, 2.24) is 9.80 Å². The van der Waals surface area contributed by atoms with Gasteiger partial charge in [0.2, 0.25) is 0 Å². The normalized spacial score (nSPS) is 26.9. The fourth-order valence-electron chi connectivity index (χ4n) is 3.58. The second kappa shape index (κ2) is 6.75. The number of hydrogen-bond acceptors (Lipinski definition) is 3. The topological polar surface area (TPSA) is 43.8 Å². The van der Waals surface area contributed by atoms with E-state index >= 15 is 0 Å². The van der Waals surface area contributed by atoms with Gasteiger partial charge in [0.15, 0.2) is 0 Å². The van der Waals surface area contributed by atoms with Gasteiger partial charge in [-0.05, 0) is 25.0 Å². The van der Waals surface area contributed by atoms with Crippen LogP contribution in [0.5, 0.6) is 0 Å². The van der Waals surface area contributed by atoms with Gasteiger partial charge >= 0.3 is 0 Å². The SMILES string of the molecule is O=C(c1ccccc1F)N1CCN(C2CCCCC2O)CC1. The van der Waals surface area contributed by atoms with Crippen LogP contribution in [0.25, 0.3) is 0 Å². The zero-order valence-corrected chi connectivity index (χ0v) is 12.7. The predicted molar refractivity (Wildman–Crippen MR) is 82.1 cm³/mol. The lowest BCUT2D eigenvalue weighted by molar-refractivity contribution is -0.00179. The van der Waals surface area contributed by atoms with Crippen LogP contribution < -0.4 is 0 Å². The quantitative estimate of drug-likeness (QED) is 0.907. The number of halogens is 1. The van der Waals surface area contributed by atoms with Crippen LogP contribution in [0.15, 0.2) is 24.3 Å². The highest BCUT2D eigenvalue weighted by Gasteiger charge is 2.32. The largest absolute Gasteiger partial charge is 0.391 e. The highest BCUT2D eigenvalue weighted by molar-refractivity contribution is 5.94. The number of aliphatic hydroxyl groups is 1. The number of aliphatic hydroxyl groups excluding tert-OH is 1. The van der Waals surface area contributed by atoms with Crippen LogP contribution >= 0.6 is 0 Å². The molecule has 2 aliphatic rings. The third-order valence-electron chi connectivity index (χ3n) is 4.87. The Kier molecular flexibility index (Phi) is 4.74. The molecule has 1 saturated carbocycles. The summed E-state index contributed by atoms with van der Waals surface area (Å²) >= 11 is 0. The van der Waals surface area contributed by atoms with Crippen LogP contribution in [0.1, 0.15) is 36.0 Å². The molecular formula is C17H23FN2O2. The zero-order valence-electron chi connectivity index (χ0n) is 12.7. The van der Waals surface area contributed by atoms with Crippen molar-refractivity contribution < 1.29 is 14.3 Å². The molecule has 1 aliphatic heterocycles. The van der Waals surface area contributed by atoms with Gasteiger partial charge in [0.1, 0.15) is 5.82 Å². The summed E-state index contributed by atoms with van der Waals surface area (Å²) in [6.45, 7) is 2.69. The Morgan fingerprint density at radius 2 is 1.77 bits per heavy atom. The minimum Gasteiger partial charge on any atom is -0.391 e. The first-order valence-corrected chi connectivity index (χ1v) is 8.13. The monoisotopic (exact) mass is 306 g/mol. The van der Waals surface area contributed by atoms with Crippen LogP contribution in [0, 0.1) is 5.82 Å². The standard InChI is InChI=1S/C17H23FN2O2/c18-14-6-2-1-5-13(14)17(22)20-11-9-19(10-12-20)15-7-3-4-8-16(15)21/h1-2,5-6,15-16,21H,3-4,7-12H2. The summed E-state index contributed by atoms with van der Waals surface area (Å²) in [6.07, 6.45) is 3.92. The molecule has 0 bridgehead atoms. The summed E-state index contributed by atoms with van der Waals surface area (Å²) < 4.78 is 13.7. The van der Waals surface area contributed by atoms with Crippen molar-refractivity contribution in [1.29, 1.82) is 0 Å². The molecule has 1 heterocycles. The summed E-state index contributed by atoms with van der Waals surface area (Å²) in [5.74, 6) is -0.695. The molecule has 120 valence electrons. The molecule has 2 atom stereocenters. The number of hydrogen-bond donors (Lipinski definition) is 1. The number of benzene rings is 1. The Balaban J connectivity index is 1.60. The Labute approximate surface area is 130 Å². The molecule has 2 unspecified atom stereocenters. The second-order valence-electron chi connectivity index (χ2n) is 6.23. The molecule has 1 aromatic carbocycles. The number of amides is 1. The molecule has 0 aromatic heterocycles. The molecule has 4 nitrogen and oxygen atoms in total. The van der Waals surface area contributed by atoms with E-state index in [4.69, 9.17) is 0 Å². The first kappa shape index (κ1) is 15.4. The molecule has 5 heteroatoms. The maximum absolute atomic E-state index is 13.7. The van der Waals surface area contributed by atoms with Gasteiger partial charge in [-0.1, -0.05) is 25.0 Å². The zero-order chi connectivity index (χ0) is 15.5. The molecule has 1 amide bonds. The molecule has 1 aliphatic carbocycles. The minimum atomic E-state index is -0.461. The fourth-order valence-corrected chi connectivity index (χ4v) is 3.58. The summed E-state index contributed by atoms with van der Waals surface area (Å²) in [7, 11) is 0. The number of carbonyl (C=O) groups is 1. The van der Waals surface area contributed by atoms with Crippen LogP contribution in [0.3, 0.4) is 0 Å². The molecule has 0 radical (unpaired) electrons. The molecule has 1 N–H and O–H groups in total. The van der Waals surface area contributed by atoms with Gasteiger partial charge in [-0.2, -0.15) is 0 Å². The summed E-state index contributed by atoms with van der Waals surface area (Å²) in [6, 6.07) is 6.36. The Bertz CT molecular complexity index is 529. The van der Waals surface area contributed by atoms with Crippen molar-refractivity contribution in [2.75, 3.05) is 26.2 Å². The average molecular weight is 306 g/mol. The highest BCUT2D eigenvalue weighted by atomic mass is 19.1. The van der Waals surface area contributed by atoms with Crippen molar-refractivity contribution in [3.63, 3.8) is 0 Å². The van der Waals surface area contributed by atoms with Crippen molar-refractivity contribution in [3.05, 3.63) is 35.6 Å². The lowest BCUT2D eigenvalue weighted by atomic mass is 9.91. The smallest absolute Gasteiger partial charge is 0.256 e. The van der Waals surface area contributed by atoms with Crippen LogP contribution in [-0.2, 0) is 0 Å². The van der Waals surface area contributed by atoms with Gasteiger partial charge in [0.05, 0.1) is 11.7 Å². The first-order valence-electron chi connectivity index (χ1n) is 8.13. The Hall–Kier alpha value is -1.46. The first-order chi connectivity index (χ1) is 10.7. The molecule has 22 heavy (non-hydrogen) atoms. The van der Waals surface area contributed by atoms with Gasteiger partial charge in [0, 0.05) is 32.2 Å². The summed E-state index contributed by atoms with van der Waals surface area (Å²) in [5.41, 5.74) is 0.147. The van der Waals surface area contributed by atoms with Crippen molar-refractivity contribution >= 4 is 5.91 Å². The number of piperazine rings is 1. The van der Waals surface area contributed by atoms with Crippen LogP contribution in [-0.4, -0.2) is 59.1 Å². The van der Waals surface area contributed by atoms with Gasteiger partial charge in [-0.25, -0.2) is 4.39 Å². The van der Waals surface area contributed by atoms with E-state index in [0.717, 1.165) is 38.8 Å². The third-order valence-corrected chi connectivity index (χ3v) is 4.87. The summed E-state index contributed by atoms with van der Waals surface area (Å²) in [5, 5.41) is 10.1. The lowest BCUT2D eigenvalue weighted by Gasteiger charge is -2.42. The highest BCUT2D eigenvalue weighted by Crippen LogP contribution is 2.24. The van der Waals surface area contributed by atoms with E-state index in [2.05, 4.69) is 4.90 Å². The lowest BCUT2D eigenvalue weighted by Crippen LogP contribution is -2.55. The van der Waals surface area contributed by atoms with E-state index in [1.165, 1.54) is 12.1 Å². The molecule has 0 spiro atoms. The predicted octanol–water partition coefficient (Wildman–Crippen LogP) is 1.89. The molecule has 3 rings (SSSR count). The Morgan fingerprint density at radius 1 is 1.09 bits per heavy atom. The van der Waals surface area contributed by atoms with E-state index in [1.807, 2.05) is 0 Å². The number of rotatable bonds is 2. The van der Waals surface area contributed by atoms with E-state index in [0.29, 0.717) is 13.1 Å². The summed E-state index contributed by atoms with van der Waals surface area (Å²) in [4.78, 5) is 16.4. The van der Waals surface area contributed by atoms with Crippen LogP contribution in [0.4, 0.5) is 4.39 Å². The molecular weight excluding hydrogens is 283 g/mol. The van der Waals surface area contributed by atoms with Gasteiger partial charge in [-0.15, -0.1) is 0 Å². The number of nitrogens with zero attached hydrogens (tertiary/aromatic N) is 2. The van der Waals surface area contributed by atoms with Crippen LogP contribution in [0.2, 0.25) is 0 Å². The van der Waals surface area contributed by atoms with E-state index in [1.54, 1.807) is 17.0 Å². The molecule has 2 fully saturated rings. The van der Waals surface area contributed by atoms with Crippen molar-refractivity contribution in [2.45, 2.75) is 37.8 Å². The fraction of sp³-hybridized carbons (Fsp3) is 0.588. The van der Waals surface area contributed by atoms with E-state index in [9.17, 15) is 14.3 Å². The minimum absolute atomic E-state index is 0.147. The maximum Gasteiger partial charge on any atom is 0.256 e. The van der Waals surface area contributed by atoms with Gasteiger partial charge in [-0.3, -0.25) is 9.69 Å². The van der Waals surface area contributed by atoms with E-state index in [-0.39, 0.29) is 23.6 Å². The maximum atomic E-state index is 13.7. The van der Waals surface area contributed by atoms with Crippen molar-refractivity contribution in [3.8, 4) is 0 Å². The molecule has 1 saturated heterocycles. The third kappa shape index (κ3) is 3.15. The average Bonchev–Trinajstić information content (AvgIpc) is 2.55. The van der Waals surface area contributed by atoms with Gasteiger partial charge < -0.3 is 10.0 Å². The van der Waals surface area contributed by atoms with E-state index < -0.39 is 5.82 Å². The Morgan fingerprint density at radius 3 is 2.45 bits per heavy atom. The van der Waals surface area contributed by atoms with Gasteiger partial charge in [0.25, 0.3) is 5.91 Å².